The van der Waals surface area contributed by atoms with Crippen LogP contribution in [-0.2, 0) is 11.3 Å². The van der Waals surface area contributed by atoms with Gasteiger partial charge in [0.1, 0.15) is 18.1 Å². The number of hydrogen-bond donors (Lipinski definition) is 1. The molecule has 1 amide bonds. The smallest absolute Gasteiger partial charge is 0.387 e. The van der Waals surface area contributed by atoms with Crippen LogP contribution < -0.4 is 10.1 Å². The number of nitrogens with zero attached hydrogens (tertiary/aromatic N) is 2. The Balaban J connectivity index is 2.12. The number of anilines is 1. The predicted octanol–water partition coefficient (Wildman–Crippen LogP) is 3.51. The van der Waals surface area contributed by atoms with E-state index in [1.54, 1.807) is 0 Å². The molecule has 0 fully saturated rings. The van der Waals surface area contributed by atoms with Crippen molar-refractivity contribution in [2.45, 2.75) is 26.5 Å². The van der Waals surface area contributed by atoms with Gasteiger partial charge < -0.3 is 10.1 Å². The molecule has 10 heteroatoms. The van der Waals surface area contributed by atoms with Crippen LogP contribution in [0.1, 0.15) is 17.8 Å². The van der Waals surface area contributed by atoms with E-state index in [4.69, 9.17) is 0 Å². The van der Waals surface area contributed by atoms with Crippen molar-refractivity contribution in [3.05, 3.63) is 41.5 Å². The summed E-state index contributed by atoms with van der Waals surface area (Å²) in [6.07, 6.45) is -2.78. The number of hydrogen-bond acceptors (Lipinski definition) is 3. The zero-order valence-electron chi connectivity index (χ0n) is 12.3. The van der Waals surface area contributed by atoms with E-state index in [9.17, 15) is 26.7 Å². The number of halogens is 5. The van der Waals surface area contributed by atoms with Gasteiger partial charge in [-0.05, 0) is 25.1 Å². The van der Waals surface area contributed by atoms with Crippen molar-refractivity contribution in [1.82, 2.24) is 9.78 Å². The van der Waals surface area contributed by atoms with Gasteiger partial charge >= 0.3 is 6.61 Å². The van der Waals surface area contributed by atoms with Crippen molar-refractivity contribution in [3.8, 4) is 5.75 Å². The number of aromatic nitrogens is 2. The molecule has 0 radical (unpaired) electrons. The van der Waals surface area contributed by atoms with Crippen LogP contribution in [0.15, 0.2) is 24.3 Å². The zero-order chi connectivity index (χ0) is 17.9. The van der Waals surface area contributed by atoms with Gasteiger partial charge in [0.2, 0.25) is 5.91 Å². The molecule has 24 heavy (non-hydrogen) atoms. The van der Waals surface area contributed by atoms with Crippen LogP contribution in [0.5, 0.6) is 5.75 Å². The molecule has 1 aromatic heterocycles. The van der Waals surface area contributed by atoms with Crippen LogP contribution in [0.2, 0.25) is 0 Å². The second kappa shape index (κ2) is 7.28. The lowest BCUT2D eigenvalue weighted by atomic mass is 10.3. The molecule has 0 aliphatic rings. The molecule has 2 rings (SSSR count). The summed E-state index contributed by atoms with van der Waals surface area (Å²) in [5.74, 6) is -2.11. The average molecular weight is 349 g/mol. The quantitative estimate of drug-likeness (QED) is 0.812. The van der Waals surface area contributed by atoms with Crippen LogP contribution >= 0.6 is 0 Å². The Bertz CT molecular complexity index is 733. The van der Waals surface area contributed by atoms with Crippen molar-refractivity contribution >= 4 is 11.6 Å². The van der Waals surface area contributed by atoms with Crippen LogP contribution in [0.25, 0.3) is 0 Å². The van der Waals surface area contributed by atoms with Crippen molar-refractivity contribution in [3.63, 3.8) is 0 Å². The maximum Gasteiger partial charge on any atom is 0.387 e. The summed E-state index contributed by atoms with van der Waals surface area (Å²) in [5, 5.41) is 5.82. The first-order chi connectivity index (χ1) is 11.3. The van der Waals surface area contributed by atoms with Gasteiger partial charge in [0.15, 0.2) is 5.75 Å². The first kappa shape index (κ1) is 17.7. The minimum Gasteiger partial charge on any atom is -0.432 e. The van der Waals surface area contributed by atoms with Crippen molar-refractivity contribution < 1.29 is 31.5 Å². The number of aryl methyl sites for hydroxylation is 1. The lowest BCUT2D eigenvalue weighted by Gasteiger charge is -2.12. The third kappa shape index (κ3) is 4.43. The minimum absolute atomic E-state index is 0.180. The third-order valence-corrected chi connectivity index (χ3v) is 2.95. The maximum atomic E-state index is 13.1. The SMILES string of the molecule is Cc1cc(C(F)F)nn1CC(=O)Nc1ccc(F)cc1OC(F)F. The van der Waals surface area contributed by atoms with Gasteiger partial charge in [-0.15, -0.1) is 0 Å². The first-order valence-corrected chi connectivity index (χ1v) is 6.63. The van der Waals surface area contributed by atoms with Crippen molar-refractivity contribution in [2.24, 2.45) is 0 Å². The van der Waals surface area contributed by atoms with Crippen LogP contribution in [-0.4, -0.2) is 22.3 Å². The molecular formula is C14H12F5N3O2. The van der Waals surface area contributed by atoms with E-state index in [2.05, 4.69) is 15.2 Å². The number of carbonyl (C=O) groups is 1. The molecule has 0 spiro atoms. The number of benzene rings is 1. The van der Waals surface area contributed by atoms with E-state index in [1.165, 1.54) is 6.92 Å². The van der Waals surface area contributed by atoms with Gasteiger partial charge in [-0.2, -0.15) is 13.9 Å². The highest BCUT2D eigenvalue weighted by atomic mass is 19.3. The number of amides is 1. The van der Waals surface area contributed by atoms with E-state index in [-0.39, 0.29) is 5.69 Å². The average Bonchev–Trinajstić information content (AvgIpc) is 2.83. The monoisotopic (exact) mass is 349 g/mol. The summed E-state index contributed by atoms with van der Waals surface area (Å²) in [7, 11) is 0. The van der Waals surface area contributed by atoms with Crippen LogP contribution in [0.4, 0.5) is 27.6 Å². The van der Waals surface area contributed by atoms with Gasteiger partial charge in [-0.1, -0.05) is 0 Å². The molecule has 0 saturated heterocycles. The van der Waals surface area contributed by atoms with E-state index in [0.717, 1.165) is 22.9 Å². The highest BCUT2D eigenvalue weighted by Gasteiger charge is 2.17. The Labute approximate surface area is 133 Å². The fraction of sp³-hybridized carbons (Fsp3) is 0.286. The highest BCUT2D eigenvalue weighted by Crippen LogP contribution is 2.27. The summed E-state index contributed by atoms with van der Waals surface area (Å²) in [6, 6.07) is 3.81. The summed E-state index contributed by atoms with van der Waals surface area (Å²) in [5.41, 5.74) is -0.340. The first-order valence-electron chi connectivity index (χ1n) is 6.63. The van der Waals surface area contributed by atoms with Crippen molar-refractivity contribution in [2.75, 3.05) is 5.32 Å². The number of rotatable bonds is 6. The molecule has 0 aliphatic heterocycles. The Morgan fingerprint density at radius 2 is 2.00 bits per heavy atom. The van der Waals surface area contributed by atoms with E-state index in [0.29, 0.717) is 11.8 Å². The van der Waals surface area contributed by atoms with Gasteiger partial charge in [0, 0.05) is 11.8 Å². The molecule has 0 bridgehead atoms. The predicted molar refractivity (Wildman–Crippen MR) is 73.6 cm³/mol. The lowest BCUT2D eigenvalue weighted by Crippen LogP contribution is -2.21. The highest BCUT2D eigenvalue weighted by molar-refractivity contribution is 5.92. The second-order valence-electron chi connectivity index (χ2n) is 4.74. The van der Waals surface area contributed by atoms with Gasteiger partial charge in [0.05, 0.1) is 5.69 Å². The van der Waals surface area contributed by atoms with E-state index >= 15 is 0 Å². The molecular weight excluding hydrogens is 337 g/mol. The molecule has 0 saturated carbocycles. The Kier molecular flexibility index (Phi) is 5.37. The Morgan fingerprint density at radius 3 is 2.58 bits per heavy atom. The molecule has 0 atom stereocenters. The van der Waals surface area contributed by atoms with Gasteiger partial charge in [-0.3, -0.25) is 9.48 Å². The maximum absolute atomic E-state index is 13.1. The minimum atomic E-state index is -3.20. The van der Waals surface area contributed by atoms with Crippen molar-refractivity contribution in [1.29, 1.82) is 0 Å². The van der Waals surface area contributed by atoms with Gasteiger partial charge in [-0.25, -0.2) is 13.2 Å². The molecule has 5 nitrogen and oxygen atoms in total. The number of nitrogens with one attached hydrogen (secondary N) is 1. The van der Waals surface area contributed by atoms with E-state index < -0.39 is 42.7 Å². The molecule has 0 aliphatic carbocycles. The summed E-state index contributed by atoms with van der Waals surface area (Å²) < 4.78 is 68.0. The fourth-order valence-electron chi connectivity index (χ4n) is 1.92. The molecule has 2 aromatic rings. The molecule has 1 heterocycles. The number of ether oxygens (including phenoxy) is 1. The zero-order valence-corrected chi connectivity index (χ0v) is 12.3. The second-order valence-corrected chi connectivity index (χ2v) is 4.74. The van der Waals surface area contributed by atoms with Gasteiger partial charge in [0.25, 0.3) is 6.43 Å². The topological polar surface area (TPSA) is 56.2 Å². The van der Waals surface area contributed by atoms with E-state index in [1.807, 2.05) is 0 Å². The molecule has 130 valence electrons. The Morgan fingerprint density at radius 1 is 1.29 bits per heavy atom. The largest absolute Gasteiger partial charge is 0.432 e. The third-order valence-electron chi connectivity index (χ3n) is 2.95. The normalized spacial score (nSPS) is 11.2. The molecule has 1 N–H and O–H groups in total. The van der Waals surface area contributed by atoms with Crippen LogP contribution in [0, 0.1) is 12.7 Å². The van der Waals surface area contributed by atoms with Crippen LogP contribution in [0.3, 0.4) is 0 Å². The summed E-state index contributed by atoms with van der Waals surface area (Å²) >= 11 is 0. The molecule has 1 aromatic carbocycles. The Hall–Kier alpha value is -2.65. The fourth-order valence-corrected chi connectivity index (χ4v) is 1.92. The molecule has 0 unspecified atom stereocenters. The summed E-state index contributed by atoms with van der Waals surface area (Å²) in [4.78, 5) is 11.9. The lowest BCUT2D eigenvalue weighted by molar-refractivity contribution is -0.117. The summed E-state index contributed by atoms with van der Waals surface area (Å²) in [6.45, 7) is -2.15. The number of alkyl halides is 4. The number of carbonyl (C=O) groups excluding carboxylic acids is 1. The standard InChI is InChI=1S/C14H12F5N3O2/c1-7-4-10(13(16)17)21-22(7)6-12(23)20-9-3-2-8(15)5-11(9)24-14(18)19/h2-5,13-14H,6H2,1H3,(H,20,23).